The number of halogens is 6. The maximum absolute atomic E-state index is 12.8. The molecule has 46 heavy (non-hydrogen) atoms. The predicted molar refractivity (Wildman–Crippen MR) is 159 cm³/mol. The van der Waals surface area contributed by atoms with E-state index in [0.29, 0.717) is 31.9 Å². The van der Waals surface area contributed by atoms with E-state index in [2.05, 4.69) is 15.6 Å². The molecule has 1 saturated heterocycles. The van der Waals surface area contributed by atoms with Gasteiger partial charge < -0.3 is 25.5 Å². The second-order valence-electron chi connectivity index (χ2n) is 10.8. The van der Waals surface area contributed by atoms with Crippen molar-refractivity contribution < 1.29 is 41.2 Å². The number of anilines is 3. The Morgan fingerprint density at radius 3 is 2.07 bits per heavy atom. The van der Waals surface area contributed by atoms with Crippen LogP contribution in [0.5, 0.6) is 5.75 Å². The van der Waals surface area contributed by atoms with E-state index in [1.807, 2.05) is 4.90 Å². The van der Waals surface area contributed by atoms with Crippen molar-refractivity contribution in [1.82, 2.24) is 9.88 Å². The molecular formula is C30H32F6N6O4. The lowest BCUT2D eigenvalue weighted by Crippen LogP contribution is -2.50. The molecule has 2 amide bonds. The summed E-state index contributed by atoms with van der Waals surface area (Å²) in [6.07, 6.45) is -1.07. The number of nitrogens with zero attached hydrogens (tertiary/aromatic N) is 4. The number of hydrogen-bond acceptors (Lipinski definition) is 7. The van der Waals surface area contributed by atoms with Crippen LogP contribution < -0.4 is 15.5 Å². The second kappa shape index (κ2) is 14.6. The molecule has 0 radical (unpaired) electrons. The van der Waals surface area contributed by atoms with Crippen LogP contribution in [0.1, 0.15) is 43.2 Å². The number of nitro groups is 1. The zero-order valence-electron chi connectivity index (χ0n) is 24.4. The van der Waals surface area contributed by atoms with Crippen molar-refractivity contribution in [2.45, 2.75) is 50.5 Å². The fraction of sp³-hybridized carbons (Fsp3) is 0.400. The zero-order valence-corrected chi connectivity index (χ0v) is 24.4. The molecule has 1 aliphatic carbocycles. The quantitative estimate of drug-likeness (QED) is 0.148. The first-order valence-electron chi connectivity index (χ1n) is 14.4. The Balaban J connectivity index is 0.000000216. The van der Waals surface area contributed by atoms with Crippen molar-refractivity contribution in [2.75, 3.05) is 41.7 Å². The average molecular weight is 655 g/mol. The van der Waals surface area contributed by atoms with E-state index in [9.17, 15) is 46.4 Å². The first-order chi connectivity index (χ1) is 21.7. The SMILES string of the molecule is O=C(Nc1ccc(C(F)(F)F)cc1)N1CCN(c2cncc(O)c2)CC1.O=[N+]([O-])c1ccc(NC2CCCCC2)cc1C(F)(F)F. The van der Waals surface area contributed by atoms with E-state index in [1.54, 1.807) is 17.2 Å². The summed E-state index contributed by atoms with van der Waals surface area (Å²) < 4.78 is 76.2. The molecule has 2 aromatic carbocycles. The van der Waals surface area contributed by atoms with Gasteiger partial charge in [0.1, 0.15) is 11.3 Å². The predicted octanol–water partition coefficient (Wildman–Crippen LogP) is 7.52. The molecule has 1 aromatic heterocycles. The molecular weight excluding hydrogens is 622 g/mol. The summed E-state index contributed by atoms with van der Waals surface area (Å²) in [6.45, 7) is 2.02. The highest BCUT2D eigenvalue weighted by Crippen LogP contribution is 2.38. The molecule has 3 N–H and O–H groups in total. The first kappa shape index (κ1) is 34.1. The molecule has 5 rings (SSSR count). The maximum atomic E-state index is 12.8. The van der Waals surface area contributed by atoms with Crippen molar-refractivity contribution in [3.05, 3.63) is 82.2 Å². The highest BCUT2D eigenvalue weighted by molar-refractivity contribution is 5.89. The number of aromatic nitrogens is 1. The first-order valence-corrected chi connectivity index (χ1v) is 14.4. The van der Waals surface area contributed by atoms with E-state index < -0.39 is 34.1 Å². The van der Waals surface area contributed by atoms with Crippen molar-refractivity contribution in [2.24, 2.45) is 0 Å². The molecule has 3 aromatic rings. The van der Waals surface area contributed by atoms with Crippen molar-refractivity contribution in [3.63, 3.8) is 0 Å². The van der Waals surface area contributed by atoms with Gasteiger partial charge in [-0.3, -0.25) is 15.1 Å². The molecule has 0 unspecified atom stereocenters. The van der Waals surface area contributed by atoms with E-state index in [4.69, 9.17) is 0 Å². The smallest absolute Gasteiger partial charge is 0.423 e. The lowest BCUT2D eigenvalue weighted by molar-refractivity contribution is -0.388. The Kier molecular flexibility index (Phi) is 10.8. The van der Waals surface area contributed by atoms with Crippen molar-refractivity contribution in [3.8, 4) is 5.75 Å². The van der Waals surface area contributed by atoms with E-state index in [1.165, 1.54) is 24.4 Å². The number of carbonyl (C=O) groups excluding carboxylic acids is 1. The number of urea groups is 1. The number of rotatable bonds is 5. The van der Waals surface area contributed by atoms with Crippen molar-refractivity contribution >= 4 is 28.8 Å². The summed E-state index contributed by atoms with van der Waals surface area (Å²) >= 11 is 0. The Bertz CT molecular complexity index is 1490. The molecule has 2 aliphatic rings. The number of hydrogen-bond donors (Lipinski definition) is 3. The molecule has 0 atom stereocenters. The standard InChI is InChI=1S/C17H17F3N4O2.C13H15F3N2O2/c18-17(19,20)12-1-3-13(4-2-12)22-16(26)24-7-5-23(6-8-24)14-9-15(25)11-21-10-14;14-13(15,16)11-8-10(6-7-12(11)18(19)20)17-9-4-2-1-3-5-9/h1-4,9-11,25H,5-8H2,(H,22,26);6-9,17H,1-5H2. The van der Waals surface area contributed by atoms with Gasteiger partial charge in [-0.05, 0) is 49.2 Å². The molecule has 16 heteroatoms. The Labute approximate surface area is 260 Å². The Morgan fingerprint density at radius 1 is 0.870 bits per heavy atom. The van der Waals surface area contributed by atoms with Gasteiger partial charge in [0.15, 0.2) is 0 Å². The molecule has 0 bridgehead atoms. The Hall–Kier alpha value is -4.76. The van der Waals surface area contributed by atoms with Crippen LogP contribution in [0.2, 0.25) is 0 Å². The third-order valence-electron chi connectivity index (χ3n) is 7.58. The third-order valence-corrected chi connectivity index (χ3v) is 7.58. The maximum Gasteiger partial charge on any atom is 0.423 e. The highest BCUT2D eigenvalue weighted by atomic mass is 19.4. The number of aromatic hydroxyl groups is 1. The van der Waals surface area contributed by atoms with Gasteiger partial charge in [-0.2, -0.15) is 26.3 Å². The lowest BCUT2D eigenvalue weighted by atomic mass is 9.95. The largest absolute Gasteiger partial charge is 0.506 e. The molecule has 0 spiro atoms. The number of carbonyl (C=O) groups is 1. The van der Waals surface area contributed by atoms with E-state index >= 15 is 0 Å². The molecule has 248 valence electrons. The fourth-order valence-electron chi connectivity index (χ4n) is 5.20. The number of nitro benzene ring substituents is 1. The summed E-state index contributed by atoms with van der Waals surface area (Å²) in [5.41, 5.74) is -1.51. The van der Waals surface area contributed by atoms with E-state index in [0.717, 1.165) is 62.1 Å². The normalized spacial score (nSPS) is 15.9. The number of pyridine rings is 1. The summed E-state index contributed by atoms with van der Waals surface area (Å²) in [4.78, 5) is 29.4. The average Bonchev–Trinajstić information content (AvgIpc) is 3.01. The minimum atomic E-state index is -4.73. The molecule has 2 fully saturated rings. The van der Waals surface area contributed by atoms with Gasteiger partial charge in [0, 0.05) is 55.7 Å². The van der Waals surface area contributed by atoms with Crippen LogP contribution in [-0.4, -0.2) is 58.2 Å². The van der Waals surface area contributed by atoms with Gasteiger partial charge >= 0.3 is 18.4 Å². The number of nitrogens with one attached hydrogen (secondary N) is 2. The zero-order chi connectivity index (χ0) is 33.5. The van der Waals surface area contributed by atoms with Crippen LogP contribution in [0.25, 0.3) is 0 Å². The number of alkyl halides is 6. The number of piperazine rings is 1. The monoisotopic (exact) mass is 654 g/mol. The molecule has 10 nitrogen and oxygen atoms in total. The van der Waals surface area contributed by atoms with Gasteiger partial charge in [0.2, 0.25) is 0 Å². The van der Waals surface area contributed by atoms with Gasteiger partial charge in [-0.1, -0.05) is 19.3 Å². The van der Waals surface area contributed by atoms with Crippen LogP contribution >= 0.6 is 0 Å². The minimum absolute atomic E-state index is 0.0741. The van der Waals surface area contributed by atoms with Crippen LogP contribution in [0.15, 0.2) is 60.9 Å². The topological polar surface area (TPSA) is 124 Å². The van der Waals surface area contributed by atoms with Gasteiger partial charge in [-0.15, -0.1) is 0 Å². The van der Waals surface area contributed by atoms with Gasteiger partial charge in [-0.25, -0.2) is 4.79 Å². The summed E-state index contributed by atoms with van der Waals surface area (Å²) in [5.74, 6) is 0.0741. The Morgan fingerprint density at radius 2 is 1.50 bits per heavy atom. The highest BCUT2D eigenvalue weighted by Gasteiger charge is 2.38. The van der Waals surface area contributed by atoms with E-state index in [-0.39, 0.29) is 23.5 Å². The van der Waals surface area contributed by atoms with Gasteiger partial charge in [0.25, 0.3) is 5.69 Å². The summed E-state index contributed by atoms with van der Waals surface area (Å²) in [6, 6.07) is 8.79. The summed E-state index contributed by atoms with van der Waals surface area (Å²) in [5, 5.41) is 25.8. The number of amides is 2. The lowest BCUT2D eigenvalue weighted by Gasteiger charge is -2.35. The minimum Gasteiger partial charge on any atom is -0.506 e. The second-order valence-corrected chi connectivity index (χ2v) is 10.8. The van der Waals surface area contributed by atoms with Gasteiger partial charge in [0.05, 0.1) is 28.6 Å². The number of benzene rings is 2. The molecule has 1 saturated carbocycles. The third kappa shape index (κ3) is 9.37. The fourth-order valence-corrected chi connectivity index (χ4v) is 5.20. The van der Waals surface area contributed by atoms with Crippen LogP contribution in [0.3, 0.4) is 0 Å². The molecule has 2 heterocycles. The van der Waals surface area contributed by atoms with Crippen molar-refractivity contribution in [1.29, 1.82) is 0 Å². The van der Waals surface area contributed by atoms with Crippen LogP contribution in [-0.2, 0) is 12.4 Å². The van der Waals surface area contributed by atoms with Crippen LogP contribution in [0, 0.1) is 10.1 Å². The van der Waals surface area contributed by atoms with Crippen LogP contribution in [0.4, 0.5) is 53.9 Å². The molecule has 1 aliphatic heterocycles. The summed E-state index contributed by atoms with van der Waals surface area (Å²) in [7, 11) is 0.